The molecule has 0 unspecified atom stereocenters. The Balaban J connectivity index is 2.32. The van der Waals surface area contributed by atoms with Gasteiger partial charge in [0.2, 0.25) is 0 Å². The van der Waals surface area contributed by atoms with Gasteiger partial charge in [0.1, 0.15) is 0 Å². The number of Topliss-reactive ketones (excluding diaryl/α,β-unsaturated/α-hetero) is 1. The summed E-state index contributed by atoms with van der Waals surface area (Å²) >= 11 is 0. The van der Waals surface area contributed by atoms with E-state index >= 15 is 0 Å². The van der Waals surface area contributed by atoms with E-state index in [1.807, 2.05) is 0 Å². The highest BCUT2D eigenvalue weighted by Gasteiger charge is 2.22. The highest BCUT2D eigenvalue weighted by Crippen LogP contribution is 2.36. The smallest absolute Gasteiger partial charge is 0.181 e. The van der Waals surface area contributed by atoms with Gasteiger partial charge in [-0.05, 0) is 31.5 Å². The Morgan fingerprint density at radius 2 is 1.65 bits per heavy atom. The molecule has 0 aromatic carbocycles. The molecule has 0 saturated heterocycles. The number of hydrogen-bond donors (Lipinski definition) is 0. The number of pyridine rings is 2. The van der Waals surface area contributed by atoms with Gasteiger partial charge in [-0.15, -0.1) is 0 Å². The molecule has 0 aliphatic rings. The summed E-state index contributed by atoms with van der Waals surface area (Å²) in [4.78, 5) is 16.0. The normalized spacial score (nSPS) is 10.7. The van der Waals surface area contributed by atoms with E-state index in [1.54, 1.807) is 31.5 Å². The number of carbonyl (C=O) groups excluding carboxylic acids is 1. The third-order valence-electron chi connectivity index (χ3n) is 3.75. The molecule has 23 heavy (non-hydrogen) atoms. The summed E-state index contributed by atoms with van der Waals surface area (Å²) in [5.41, 5.74) is 2.90. The monoisotopic (exact) mass is 308 g/mol. The predicted octanol–water partition coefficient (Wildman–Crippen LogP) is 2.71. The van der Waals surface area contributed by atoms with Crippen LogP contribution in [0.5, 0.6) is 0 Å². The maximum atomic E-state index is 12.9. The molecule has 3 rings (SSSR count). The van der Waals surface area contributed by atoms with Crippen LogP contribution in [0.4, 0.5) is 0 Å². The van der Waals surface area contributed by atoms with Gasteiger partial charge in [0, 0.05) is 46.9 Å². The van der Waals surface area contributed by atoms with Crippen molar-refractivity contribution in [2.24, 2.45) is 0 Å². The van der Waals surface area contributed by atoms with Gasteiger partial charge in [0.25, 0.3) is 0 Å². The Bertz CT molecular complexity index is 868. The zero-order valence-corrected chi connectivity index (χ0v) is 12.7. The van der Waals surface area contributed by atoms with Crippen molar-refractivity contribution in [3.05, 3.63) is 70.6 Å². The van der Waals surface area contributed by atoms with Gasteiger partial charge in [-0.2, -0.15) is 4.73 Å². The molecule has 0 saturated carbocycles. The first-order valence-electron chi connectivity index (χ1n) is 7.04. The van der Waals surface area contributed by atoms with Crippen molar-refractivity contribution in [3.63, 3.8) is 0 Å². The minimum atomic E-state index is -0.193. The van der Waals surface area contributed by atoms with Crippen molar-refractivity contribution in [1.29, 1.82) is 0 Å². The van der Waals surface area contributed by atoms with E-state index in [0.717, 1.165) is 4.73 Å². The van der Waals surface area contributed by atoms with Gasteiger partial charge >= 0.3 is 0 Å². The average molecular weight is 308 g/mol. The van der Waals surface area contributed by atoms with Crippen LogP contribution < -0.4 is 4.73 Å². The largest absolute Gasteiger partial charge is 0.805 e. The minimum Gasteiger partial charge on any atom is -0.805 e. The molecule has 0 fully saturated rings. The molecule has 0 bridgehead atoms. The van der Waals surface area contributed by atoms with Gasteiger partial charge in [0.05, 0.1) is 5.69 Å². The quantitative estimate of drug-likeness (QED) is 0.423. The van der Waals surface area contributed by atoms with Gasteiger partial charge in [-0.25, -0.2) is 0 Å². The first-order chi connectivity index (χ1) is 11.0. The second kappa shape index (κ2) is 5.57. The van der Waals surface area contributed by atoms with Crippen molar-refractivity contribution in [1.82, 2.24) is 9.71 Å². The third-order valence-corrected chi connectivity index (χ3v) is 3.75. The lowest BCUT2D eigenvalue weighted by atomic mass is 10.0. The molecule has 0 radical (unpaired) electrons. The fourth-order valence-electron chi connectivity index (χ4n) is 2.77. The number of carbonyl (C=O) groups is 1. The van der Waals surface area contributed by atoms with Gasteiger partial charge < -0.3 is 15.1 Å². The molecule has 6 nitrogen and oxygen atoms in total. The zero-order chi connectivity index (χ0) is 16.6. The van der Waals surface area contributed by atoms with E-state index in [0.29, 0.717) is 32.7 Å². The van der Waals surface area contributed by atoms with Crippen molar-refractivity contribution >= 4 is 5.78 Å². The topological polar surface area (TPSA) is 84.9 Å². The molecule has 0 atom stereocenters. The number of hydrogen-bond acceptors (Lipinski definition) is 4. The van der Waals surface area contributed by atoms with Crippen LogP contribution in [-0.2, 0) is 0 Å². The van der Waals surface area contributed by atoms with Crippen LogP contribution in [0.25, 0.3) is 22.5 Å². The van der Waals surface area contributed by atoms with Crippen molar-refractivity contribution in [2.75, 3.05) is 0 Å². The van der Waals surface area contributed by atoms with Crippen LogP contribution in [-0.4, -0.2) is 15.5 Å². The summed E-state index contributed by atoms with van der Waals surface area (Å²) in [6.45, 7) is 3.18. The van der Waals surface area contributed by atoms with Crippen LogP contribution in [0, 0.1) is 17.3 Å². The molecule has 0 spiro atoms. The summed E-state index contributed by atoms with van der Waals surface area (Å²) in [6, 6.07) is 6.50. The summed E-state index contributed by atoms with van der Waals surface area (Å²) in [5.74, 6) is -0.193. The highest BCUT2D eigenvalue weighted by molar-refractivity contribution is 6.04. The van der Waals surface area contributed by atoms with E-state index in [1.165, 1.54) is 31.5 Å². The van der Waals surface area contributed by atoms with Crippen molar-refractivity contribution < 1.29 is 9.52 Å². The minimum absolute atomic E-state index is 0.193. The molecule has 0 N–H and O–H groups in total. The fraction of sp³-hybridized carbons (Fsp3) is 0.118. The van der Waals surface area contributed by atoms with E-state index < -0.39 is 0 Å². The van der Waals surface area contributed by atoms with Gasteiger partial charge in [-0.1, -0.05) is 0 Å². The van der Waals surface area contributed by atoms with Gasteiger partial charge in [-0.3, -0.25) is 9.78 Å². The lowest BCUT2D eigenvalue weighted by molar-refractivity contribution is -0.605. The molecule has 3 heterocycles. The summed E-state index contributed by atoms with van der Waals surface area (Å²) in [6.07, 6.45) is 5.79. The molecule has 0 aliphatic carbocycles. The Labute approximate surface area is 132 Å². The number of aromatic nitrogens is 3. The molecule has 3 aromatic heterocycles. The van der Waals surface area contributed by atoms with Gasteiger partial charge in [0.15, 0.2) is 18.2 Å². The summed E-state index contributed by atoms with van der Waals surface area (Å²) in [5, 5.41) is 24.1. The fourth-order valence-corrected chi connectivity index (χ4v) is 2.77. The summed E-state index contributed by atoms with van der Waals surface area (Å²) in [7, 11) is 0. The lowest BCUT2D eigenvalue weighted by Gasteiger charge is -2.18. The molecular formula is C17H14N3O3-. The standard InChI is InChI=1S/C17H14N3O3/c1-11-15(12(2)21)17(14-5-9-19(22)10-6-14)20(23)16(11)13-3-7-18-8-4-13/h3-10H,1-2H3/q-1. The highest BCUT2D eigenvalue weighted by atomic mass is 16.5. The van der Waals surface area contributed by atoms with Crippen LogP contribution >= 0.6 is 0 Å². The van der Waals surface area contributed by atoms with Crippen LogP contribution in [0.1, 0.15) is 22.8 Å². The maximum Gasteiger partial charge on any atom is 0.181 e. The predicted molar refractivity (Wildman–Crippen MR) is 85.6 cm³/mol. The second-order valence-corrected chi connectivity index (χ2v) is 5.23. The van der Waals surface area contributed by atoms with E-state index in [2.05, 4.69) is 4.98 Å². The number of ketones is 1. The van der Waals surface area contributed by atoms with Crippen molar-refractivity contribution in [3.8, 4) is 22.5 Å². The van der Waals surface area contributed by atoms with Crippen LogP contribution in [0.2, 0.25) is 0 Å². The second-order valence-electron chi connectivity index (χ2n) is 5.23. The Morgan fingerprint density at radius 3 is 2.22 bits per heavy atom. The maximum absolute atomic E-state index is 12.9. The van der Waals surface area contributed by atoms with Crippen molar-refractivity contribution in [2.45, 2.75) is 13.8 Å². The lowest BCUT2D eigenvalue weighted by Crippen LogP contribution is -2.23. The Hall–Kier alpha value is -3.15. The summed E-state index contributed by atoms with van der Waals surface area (Å²) < 4.78 is 1.39. The zero-order valence-electron chi connectivity index (χ0n) is 12.7. The molecular weight excluding hydrogens is 294 g/mol. The molecule has 0 amide bonds. The average Bonchev–Trinajstić information content (AvgIpc) is 2.80. The number of rotatable bonds is 3. The molecule has 3 aromatic rings. The SMILES string of the molecule is CC(=O)c1c(C)c(-c2ccncc2)n([O-])c1-c1cc[n+]([O-])cc1. The molecule has 0 aliphatic heterocycles. The Kier molecular flexibility index (Phi) is 3.57. The van der Waals surface area contributed by atoms with E-state index in [4.69, 9.17) is 0 Å². The first-order valence-corrected chi connectivity index (χ1v) is 7.04. The first kappa shape index (κ1) is 14.8. The van der Waals surface area contributed by atoms with Crippen LogP contribution in [0.3, 0.4) is 0 Å². The van der Waals surface area contributed by atoms with Crippen LogP contribution in [0.15, 0.2) is 49.1 Å². The molecule has 116 valence electrons. The third kappa shape index (κ3) is 2.44. The molecule has 6 heteroatoms. The van der Waals surface area contributed by atoms with E-state index in [9.17, 15) is 15.2 Å². The Morgan fingerprint density at radius 1 is 1.09 bits per heavy atom. The van der Waals surface area contributed by atoms with E-state index in [-0.39, 0.29) is 11.5 Å². The number of nitrogens with zero attached hydrogens (tertiary/aromatic N) is 3.